The maximum atomic E-state index is 10.1. The van der Waals surface area contributed by atoms with Gasteiger partial charge in [-0.25, -0.2) is 0 Å². The van der Waals surface area contributed by atoms with Crippen LogP contribution in [-0.2, 0) is 6.42 Å². The first-order valence-corrected chi connectivity index (χ1v) is 5.20. The average molecular weight is 208 g/mol. The van der Waals surface area contributed by atoms with Crippen LogP contribution < -0.4 is 0 Å². The van der Waals surface area contributed by atoms with Crippen LogP contribution in [0.5, 0.6) is 0 Å². The van der Waals surface area contributed by atoms with Crippen LogP contribution in [0.4, 0.5) is 0 Å². The van der Waals surface area contributed by atoms with Crippen LogP contribution in [0.2, 0.25) is 0 Å². The highest BCUT2D eigenvalue weighted by molar-refractivity contribution is 5.06. The molecule has 1 aromatic heterocycles. The van der Waals surface area contributed by atoms with Crippen LogP contribution in [-0.4, -0.2) is 40.7 Å². The van der Waals surface area contributed by atoms with E-state index in [1.165, 1.54) is 0 Å². The summed E-state index contributed by atoms with van der Waals surface area (Å²) in [5.41, 5.74) is 0.692. The van der Waals surface area contributed by atoms with Gasteiger partial charge < -0.3 is 10.0 Å². The molecule has 3 heteroatoms. The highest BCUT2D eigenvalue weighted by Gasteiger charge is 2.30. The van der Waals surface area contributed by atoms with Crippen molar-refractivity contribution >= 4 is 0 Å². The number of hydrogen-bond acceptors (Lipinski definition) is 3. The Kier molecular flexibility index (Phi) is 3.83. The van der Waals surface area contributed by atoms with Crippen LogP contribution in [0.25, 0.3) is 0 Å². The Balaban J connectivity index is 2.67. The predicted octanol–water partition coefficient (Wildman–Crippen LogP) is 1.33. The minimum atomic E-state index is -0.414. The summed E-state index contributed by atoms with van der Waals surface area (Å²) in [6, 6.07) is 5.76. The molecule has 1 atom stereocenters. The van der Waals surface area contributed by atoms with Crippen molar-refractivity contribution in [3.63, 3.8) is 0 Å². The average Bonchev–Trinajstić information content (AvgIpc) is 2.18. The molecular formula is C12H20N2O. The topological polar surface area (TPSA) is 36.4 Å². The summed E-state index contributed by atoms with van der Waals surface area (Å²) in [4.78, 5) is 6.24. The number of aliphatic hydroxyl groups is 1. The number of nitrogens with zero attached hydrogens (tertiary/aromatic N) is 2. The van der Waals surface area contributed by atoms with Crippen LogP contribution in [0, 0.1) is 0 Å². The second-order valence-corrected chi connectivity index (χ2v) is 4.59. The molecule has 1 N–H and O–H groups in total. The first kappa shape index (κ1) is 12.1. The normalized spacial score (nSPS) is 14.3. The Morgan fingerprint density at radius 3 is 2.53 bits per heavy atom. The molecule has 0 saturated carbocycles. The van der Waals surface area contributed by atoms with Gasteiger partial charge in [0, 0.05) is 23.9 Å². The van der Waals surface area contributed by atoms with E-state index in [2.05, 4.69) is 4.98 Å². The molecule has 0 aliphatic heterocycles. The zero-order valence-electron chi connectivity index (χ0n) is 9.94. The Hall–Kier alpha value is -0.930. The summed E-state index contributed by atoms with van der Waals surface area (Å²) in [6.07, 6.45) is 1.93. The number of pyridine rings is 1. The van der Waals surface area contributed by atoms with E-state index in [9.17, 15) is 5.11 Å². The van der Waals surface area contributed by atoms with Gasteiger partial charge in [-0.3, -0.25) is 4.98 Å². The largest absolute Gasteiger partial charge is 0.391 e. The molecule has 0 aliphatic rings. The van der Waals surface area contributed by atoms with Crippen molar-refractivity contribution in [3.8, 4) is 0 Å². The summed E-state index contributed by atoms with van der Waals surface area (Å²) < 4.78 is 0. The second-order valence-electron chi connectivity index (χ2n) is 4.59. The molecule has 0 aromatic carbocycles. The van der Waals surface area contributed by atoms with E-state index in [0.29, 0.717) is 6.42 Å². The number of hydrogen-bond donors (Lipinski definition) is 1. The number of aliphatic hydroxyl groups excluding tert-OH is 1. The van der Waals surface area contributed by atoms with Crippen molar-refractivity contribution < 1.29 is 5.11 Å². The van der Waals surface area contributed by atoms with Gasteiger partial charge in [-0.05, 0) is 40.1 Å². The third-order valence-electron chi connectivity index (χ3n) is 3.10. The third kappa shape index (κ3) is 3.01. The van der Waals surface area contributed by atoms with Gasteiger partial charge in [-0.15, -0.1) is 0 Å². The maximum Gasteiger partial charge on any atom is 0.0773 e. The van der Waals surface area contributed by atoms with Gasteiger partial charge in [-0.1, -0.05) is 6.07 Å². The second kappa shape index (κ2) is 4.73. The van der Waals surface area contributed by atoms with E-state index < -0.39 is 6.10 Å². The molecule has 0 spiro atoms. The summed E-state index contributed by atoms with van der Waals surface area (Å²) in [5.74, 6) is 0. The molecule has 1 rings (SSSR count). The summed E-state index contributed by atoms with van der Waals surface area (Å²) in [6.45, 7) is 4.06. The third-order valence-corrected chi connectivity index (χ3v) is 3.10. The van der Waals surface area contributed by atoms with Gasteiger partial charge in [0.25, 0.3) is 0 Å². The van der Waals surface area contributed by atoms with Crippen molar-refractivity contribution in [2.75, 3.05) is 14.1 Å². The van der Waals surface area contributed by atoms with E-state index in [1.54, 1.807) is 6.20 Å². The molecule has 15 heavy (non-hydrogen) atoms. The Morgan fingerprint density at radius 2 is 2.07 bits per heavy atom. The number of rotatable bonds is 4. The molecule has 0 fully saturated rings. The first-order chi connectivity index (χ1) is 6.94. The van der Waals surface area contributed by atoms with E-state index in [-0.39, 0.29) is 5.54 Å². The minimum absolute atomic E-state index is 0.239. The number of aromatic nitrogens is 1. The highest BCUT2D eigenvalue weighted by Crippen LogP contribution is 2.18. The van der Waals surface area contributed by atoms with E-state index in [1.807, 2.05) is 51.0 Å². The molecule has 1 aromatic rings. The monoisotopic (exact) mass is 208 g/mol. The molecule has 0 aliphatic carbocycles. The van der Waals surface area contributed by atoms with Gasteiger partial charge in [0.05, 0.1) is 6.10 Å². The lowest BCUT2D eigenvalue weighted by Crippen LogP contribution is -2.49. The standard InChI is InChI=1S/C12H20N2O/c1-12(2,14(3)4)11(15)9-10-7-5-6-8-13-10/h5-8,11,15H,9H2,1-4H3. The van der Waals surface area contributed by atoms with Crippen LogP contribution in [0.1, 0.15) is 19.5 Å². The van der Waals surface area contributed by atoms with Crippen molar-refractivity contribution in [3.05, 3.63) is 30.1 Å². The van der Waals surface area contributed by atoms with Crippen molar-refractivity contribution in [2.24, 2.45) is 0 Å². The molecule has 3 nitrogen and oxygen atoms in total. The van der Waals surface area contributed by atoms with Gasteiger partial charge in [-0.2, -0.15) is 0 Å². The smallest absolute Gasteiger partial charge is 0.0773 e. The molecule has 84 valence electrons. The summed E-state index contributed by atoms with van der Waals surface area (Å²) >= 11 is 0. The Morgan fingerprint density at radius 1 is 1.40 bits per heavy atom. The van der Waals surface area contributed by atoms with Crippen LogP contribution in [0.3, 0.4) is 0 Å². The van der Waals surface area contributed by atoms with Crippen molar-refractivity contribution in [1.29, 1.82) is 0 Å². The Bertz CT molecular complexity index is 296. The number of likely N-dealkylation sites (N-methyl/N-ethyl adjacent to an activating group) is 1. The summed E-state index contributed by atoms with van der Waals surface area (Å²) in [5, 5.41) is 10.1. The molecule has 0 saturated heterocycles. The minimum Gasteiger partial charge on any atom is -0.391 e. The maximum absolute atomic E-state index is 10.1. The molecule has 1 heterocycles. The van der Waals surface area contributed by atoms with E-state index in [0.717, 1.165) is 5.69 Å². The fourth-order valence-corrected chi connectivity index (χ4v) is 1.26. The van der Waals surface area contributed by atoms with Gasteiger partial charge in [0.2, 0.25) is 0 Å². The lowest BCUT2D eigenvalue weighted by molar-refractivity contribution is 0.0177. The fourth-order valence-electron chi connectivity index (χ4n) is 1.26. The van der Waals surface area contributed by atoms with E-state index in [4.69, 9.17) is 0 Å². The molecule has 0 amide bonds. The van der Waals surface area contributed by atoms with E-state index >= 15 is 0 Å². The van der Waals surface area contributed by atoms with Crippen LogP contribution >= 0.6 is 0 Å². The molecule has 1 unspecified atom stereocenters. The Labute approximate surface area is 91.8 Å². The van der Waals surface area contributed by atoms with Crippen LogP contribution in [0.15, 0.2) is 24.4 Å². The lowest BCUT2D eigenvalue weighted by Gasteiger charge is -2.37. The predicted molar refractivity (Wildman–Crippen MR) is 61.7 cm³/mol. The SMILES string of the molecule is CN(C)C(C)(C)C(O)Cc1ccccn1. The van der Waals surface area contributed by atoms with Gasteiger partial charge >= 0.3 is 0 Å². The first-order valence-electron chi connectivity index (χ1n) is 5.20. The molecular weight excluding hydrogens is 188 g/mol. The summed E-state index contributed by atoms with van der Waals surface area (Å²) in [7, 11) is 3.95. The quantitative estimate of drug-likeness (QED) is 0.811. The fraction of sp³-hybridized carbons (Fsp3) is 0.583. The lowest BCUT2D eigenvalue weighted by atomic mass is 9.92. The molecule has 0 radical (unpaired) electrons. The van der Waals surface area contributed by atoms with Crippen molar-refractivity contribution in [2.45, 2.75) is 31.9 Å². The highest BCUT2D eigenvalue weighted by atomic mass is 16.3. The zero-order chi connectivity index (χ0) is 11.5. The van der Waals surface area contributed by atoms with Gasteiger partial charge in [0.1, 0.15) is 0 Å². The molecule has 0 bridgehead atoms. The van der Waals surface area contributed by atoms with Crippen molar-refractivity contribution in [1.82, 2.24) is 9.88 Å². The van der Waals surface area contributed by atoms with Gasteiger partial charge in [0.15, 0.2) is 0 Å². The zero-order valence-corrected chi connectivity index (χ0v) is 9.94.